The molecule has 0 radical (unpaired) electrons. The van der Waals surface area contributed by atoms with Crippen LogP contribution in [0.3, 0.4) is 0 Å². The van der Waals surface area contributed by atoms with Gasteiger partial charge in [0.25, 0.3) is 5.91 Å². The van der Waals surface area contributed by atoms with Gasteiger partial charge in [-0.05, 0) is 36.4 Å². The molecule has 2 aromatic carbocycles. The fraction of sp³-hybridized carbons (Fsp3) is 0. The smallest absolute Gasteiger partial charge is 0.258 e. The number of hydrogen-bond acceptors (Lipinski definition) is 1. The summed E-state index contributed by atoms with van der Waals surface area (Å²) < 4.78 is 27.0. The van der Waals surface area contributed by atoms with Gasteiger partial charge in [0.15, 0.2) is 0 Å². The lowest BCUT2D eigenvalue weighted by molar-refractivity contribution is 0.102. The zero-order chi connectivity index (χ0) is 14.0. The first-order valence-electron chi connectivity index (χ1n) is 5.19. The van der Waals surface area contributed by atoms with Crippen molar-refractivity contribution in [2.75, 3.05) is 5.32 Å². The summed E-state index contributed by atoms with van der Waals surface area (Å²) in [6, 6.07) is 7.74. The van der Waals surface area contributed by atoms with Crippen molar-refractivity contribution < 1.29 is 13.6 Å². The Labute approximate surface area is 121 Å². The van der Waals surface area contributed by atoms with E-state index in [0.29, 0.717) is 4.47 Å². The second-order valence-electron chi connectivity index (χ2n) is 3.71. The van der Waals surface area contributed by atoms with Crippen molar-refractivity contribution in [2.45, 2.75) is 0 Å². The average molecular weight is 347 g/mol. The van der Waals surface area contributed by atoms with Gasteiger partial charge in [0.2, 0.25) is 0 Å². The Morgan fingerprint density at radius 3 is 2.47 bits per heavy atom. The van der Waals surface area contributed by atoms with Crippen LogP contribution in [0.2, 0.25) is 5.02 Å². The van der Waals surface area contributed by atoms with Gasteiger partial charge in [0.05, 0.1) is 10.6 Å². The number of carbonyl (C=O) groups excluding carboxylic acids is 1. The Morgan fingerprint density at radius 1 is 1.11 bits per heavy atom. The minimum Gasteiger partial charge on any atom is -0.322 e. The van der Waals surface area contributed by atoms with Gasteiger partial charge in [-0.15, -0.1) is 0 Å². The topological polar surface area (TPSA) is 29.1 Å². The number of carbonyl (C=O) groups is 1. The van der Waals surface area contributed by atoms with E-state index in [1.165, 1.54) is 30.3 Å². The molecule has 0 heterocycles. The lowest BCUT2D eigenvalue weighted by Gasteiger charge is -2.07. The van der Waals surface area contributed by atoms with Crippen LogP contribution in [-0.2, 0) is 0 Å². The summed E-state index contributed by atoms with van der Waals surface area (Å²) in [4.78, 5) is 11.9. The highest BCUT2D eigenvalue weighted by Crippen LogP contribution is 2.21. The summed E-state index contributed by atoms with van der Waals surface area (Å²) in [5, 5.41) is 2.33. The molecule has 1 N–H and O–H groups in total. The van der Waals surface area contributed by atoms with Gasteiger partial charge in [0.1, 0.15) is 11.6 Å². The zero-order valence-corrected chi connectivity index (χ0v) is 11.7. The number of halogens is 4. The summed E-state index contributed by atoms with van der Waals surface area (Å²) in [6.45, 7) is 0. The maximum Gasteiger partial charge on any atom is 0.258 e. The van der Waals surface area contributed by atoms with Crippen LogP contribution in [0, 0.1) is 11.6 Å². The molecule has 0 aromatic heterocycles. The molecule has 0 bridgehead atoms. The standard InChI is InChI=1S/C13H7BrClF2NO/c14-7-1-3-11(16)9(5-7)13(19)18-8-2-4-12(17)10(15)6-8/h1-6H,(H,18,19). The number of amides is 1. The molecular formula is C13H7BrClF2NO. The van der Waals surface area contributed by atoms with E-state index in [1.807, 2.05) is 0 Å². The SMILES string of the molecule is O=C(Nc1ccc(F)c(Cl)c1)c1cc(Br)ccc1F. The second-order valence-corrected chi connectivity index (χ2v) is 5.03. The fourth-order valence-electron chi connectivity index (χ4n) is 1.44. The average Bonchev–Trinajstić information content (AvgIpc) is 2.36. The Morgan fingerprint density at radius 2 is 1.79 bits per heavy atom. The number of anilines is 1. The van der Waals surface area contributed by atoms with Crippen molar-refractivity contribution in [3.8, 4) is 0 Å². The molecule has 0 fully saturated rings. The van der Waals surface area contributed by atoms with E-state index in [1.54, 1.807) is 0 Å². The third-order valence-corrected chi connectivity index (χ3v) is 3.13. The first kappa shape index (κ1) is 14.0. The molecule has 0 spiro atoms. The molecule has 0 saturated carbocycles. The molecule has 1 amide bonds. The van der Waals surface area contributed by atoms with Gasteiger partial charge in [0, 0.05) is 10.2 Å². The monoisotopic (exact) mass is 345 g/mol. The predicted octanol–water partition coefficient (Wildman–Crippen LogP) is 4.63. The van der Waals surface area contributed by atoms with E-state index >= 15 is 0 Å². The lowest BCUT2D eigenvalue weighted by Crippen LogP contribution is -2.13. The Balaban J connectivity index is 2.25. The van der Waals surface area contributed by atoms with Crippen LogP contribution in [0.4, 0.5) is 14.5 Å². The molecule has 2 rings (SSSR count). The Bertz CT molecular complexity index is 649. The number of nitrogens with one attached hydrogen (secondary N) is 1. The van der Waals surface area contributed by atoms with Crippen LogP contribution >= 0.6 is 27.5 Å². The Kier molecular flexibility index (Phi) is 4.17. The van der Waals surface area contributed by atoms with Crippen molar-refractivity contribution >= 4 is 39.1 Å². The summed E-state index contributed by atoms with van der Waals surface area (Å²) in [5.74, 6) is -1.87. The van der Waals surface area contributed by atoms with Crippen molar-refractivity contribution in [2.24, 2.45) is 0 Å². The molecule has 2 aromatic rings. The minimum absolute atomic E-state index is 0.116. The first-order valence-corrected chi connectivity index (χ1v) is 6.36. The molecule has 19 heavy (non-hydrogen) atoms. The number of benzene rings is 2. The van der Waals surface area contributed by atoms with Gasteiger partial charge in [-0.3, -0.25) is 4.79 Å². The van der Waals surface area contributed by atoms with Crippen LogP contribution < -0.4 is 5.32 Å². The number of hydrogen-bond donors (Lipinski definition) is 1. The lowest BCUT2D eigenvalue weighted by atomic mass is 10.2. The zero-order valence-electron chi connectivity index (χ0n) is 9.38. The maximum atomic E-state index is 13.5. The molecule has 98 valence electrons. The van der Waals surface area contributed by atoms with Gasteiger partial charge >= 0.3 is 0 Å². The van der Waals surface area contributed by atoms with Gasteiger partial charge in [-0.1, -0.05) is 27.5 Å². The van der Waals surface area contributed by atoms with Crippen LogP contribution in [0.5, 0.6) is 0 Å². The largest absolute Gasteiger partial charge is 0.322 e. The van der Waals surface area contributed by atoms with Crippen LogP contribution in [-0.4, -0.2) is 5.91 Å². The third-order valence-electron chi connectivity index (χ3n) is 2.35. The minimum atomic E-state index is -0.645. The number of rotatable bonds is 2. The molecule has 0 aliphatic heterocycles. The summed E-state index contributed by atoms with van der Waals surface area (Å²) in [7, 11) is 0. The van der Waals surface area contributed by atoms with Gasteiger partial charge < -0.3 is 5.32 Å². The van der Waals surface area contributed by atoms with E-state index < -0.39 is 17.5 Å². The highest BCUT2D eigenvalue weighted by Gasteiger charge is 2.13. The van der Waals surface area contributed by atoms with E-state index in [0.717, 1.165) is 6.07 Å². The summed E-state index contributed by atoms with van der Waals surface area (Å²) >= 11 is 8.75. The van der Waals surface area contributed by atoms with E-state index in [2.05, 4.69) is 21.2 Å². The quantitative estimate of drug-likeness (QED) is 0.844. The van der Waals surface area contributed by atoms with E-state index in [9.17, 15) is 13.6 Å². The first-order chi connectivity index (χ1) is 8.97. The molecule has 6 heteroatoms. The molecule has 0 atom stereocenters. The van der Waals surface area contributed by atoms with Crippen molar-refractivity contribution in [1.29, 1.82) is 0 Å². The second kappa shape index (κ2) is 5.67. The maximum absolute atomic E-state index is 13.5. The molecule has 0 unspecified atom stereocenters. The van der Waals surface area contributed by atoms with Crippen molar-refractivity contribution in [3.63, 3.8) is 0 Å². The van der Waals surface area contributed by atoms with E-state index in [4.69, 9.17) is 11.6 Å². The normalized spacial score (nSPS) is 10.3. The van der Waals surface area contributed by atoms with Crippen LogP contribution in [0.25, 0.3) is 0 Å². The van der Waals surface area contributed by atoms with Gasteiger partial charge in [-0.25, -0.2) is 8.78 Å². The van der Waals surface area contributed by atoms with Crippen LogP contribution in [0.15, 0.2) is 40.9 Å². The van der Waals surface area contributed by atoms with Crippen molar-refractivity contribution in [1.82, 2.24) is 0 Å². The van der Waals surface area contributed by atoms with Gasteiger partial charge in [-0.2, -0.15) is 0 Å². The fourth-order valence-corrected chi connectivity index (χ4v) is 1.99. The predicted molar refractivity (Wildman–Crippen MR) is 73.5 cm³/mol. The molecule has 0 saturated heterocycles. The molecule has 2 nitrogen and oxygen atoms in total. The van der Waals surface area contributed by atoms with Crippen molar-refractivity contribution in [3.05, 3.63) is 63.1 Å². The van der Waals surface area contributed by atoms with Crippen LogP contribution in [0.1, 0.15) is 10.4 Å². The molecule has 0 aliphatic rings. The third kappa shape index (κ3) is 3.30. The summed E-state index contributed by atoms with van der Waals surface area (Å²) in [5.41, 5.74) is 0.172. The molecule has 0 aliphatic carbocycles. The highest BCUT2D eigenvalue weighted by molar-refractivity contribution is 9.10. The Hall–Kier alpha value is -1.46. The highest BCUT2D eigenvalue weighted by atomic mass is 79.9. The van der Waals surface area contributed by atoms with E-state index in [-0.39, 0.29) is 16.3 Å². The summed E-state index contributed by atoms with van der Waals surface area (Å²) in [6.07, 6.45) is 0. The molecular weight excluding hydrogens is 340 g/mol.